The van der Waals surface area contributed by atoms with Gasteiger partial charge in [-0.15, -0.1) is 0 Å². The van der Waals surface area contributed by atoms with Crippen LogP contribution in [0, 0.1) is 0 Å². The molecule has 0 spiro atoms. The minimum absolute atomic E-state index is 0.0578. The van der Waals surface area contributed by atoms with Crippen molar-refractivity contribution in [3.8, 4) is 0 Å². The van der Waals surface area contributed by atoms with E-state index in [0.717, 1.165) is 38.3 Å². The molecule has 3 rings (SSSR count). The van der Waals surface area contributed by atoms with E-state index in [-0.39, 0.29) is 11.8 Å². The molecule has 2 aromatic heterocycles. The maximum atomic E-state index is 12.6. The number of hydrogen-bond donors (Lipinski definition) is 0. The van der Waals surface area contributed by atoms with Gasteiger partial charge in [0.1, 0.15) is 0 Å². The largest absolute Gasteiger partial charge is 0.351 e. The van der Waals surface area contributed by atoms with Crippen molar-refractivity contribution in [2.45, 2.75) is 32.7 Å². The van der Waals surface area contributed by atoms with Crippen molar-refractivity contribution in [2.75, 3.05) is 26.2 Å². The molecule has 0 bridgehead atoms. The Labute approximate surface area is 142 Å². The van der Waals surface area contributed by atoms with Gasteiger partial charge < -0.3 is 9.42 Å². The summed E-state index contributed by atoms with van der Waals surface area (Å²) in [7, 11) is 1.93. The Balaban J connectivity index is 1.59. The molecule has 0 radical (unpaired) electrons. The first-order chi connectivity index (χ1) is 11.5. The molecule has 3 heterocycles. The highest BCUT2D eigenvalue weighted by molar-refractivity contribution is 5.91. The highest BCUT2D eigenvalue weighted by Crippen LogP contribution is 2.17. The van der Waals surface area contributed by atoms with Crippen molar-refractivity contribution in [1.82, 2.24) is 24.7 Å². The molecule has 2 aromatic rings. The Hall–Kier alpha value is -2.15. The van der Waals surface area contributed by atoms with Crippen molar-refractivity contribution in [3.05, 3.63) is 35.5 Å². The number of hydrogen-bond acceptors (Lipinski definition) is 5. The molecule has 0 aliphatic carbocycles. The third-order valence-corrected chi connectivity index (χ3v) is 4.37. The van der Waals surface area contributed by atoms with E-state index in [4.69, 9.17) is 4.52 Å². The summed E-state index contributed by atoms with van der Waals surface area (Å²) in [4.78, 5) is 16.9. The molecule has 1 amide bonds. The number of aromatic nitrogens is 3. The first-order valence-corrected chi connectivity index (χ1v) is 8.48. The van der Waals surface area contributed by atoms with Crippen molar-refractivity contribution in [2.24, 2.45) is 7.05 Å². The summed E-state index contributed by atoms with van der Waals surface area (Å²) >= 11 is 0. The summed E-state index contributed by atoms with van der Waals surface area (Å²) in [5, 5.41) is 8.20. The first-order valence-electron chi connectivity index (χ1n) is 8.48. The Bertz CT molecular complexity index is 691. The summed E-state index contributed by atoms with van der Waals surface area (Å²) in [6.07, 6.45) is 4.89. The van der Waals surface area contributed by atoms with Crippen LogP contribution in [0.5, 0.6) is 0 Å². The van der Waals surface area contributed by atoms with E-state index in [1.54, 1.807) is 6.07 Å². The second-order valence-corrected chi connectivity index (χ2v) is 6.71. The van der Waals surface area contributed by atoms with Crippen LogP contribution in [-0.4, -0.2) is 56.8 Å². The fraction of sp³-hybridized carbons (Fsp3) is 0.588. The van der Waals surface area contributed by atoms with Gasteiger partial charge in [-0.3, -0.25) is 14.4 Å². The normalized spacial score (nSPS) is 16.6. The zero-order valence-electron chi connectivity index (χ0n) is 14.6. The zero-order valence-corrected chi connectivity index (χ0v) is 14.6. The summed E-state index contributed by atoms with van der Waals surface area (Å²) in [6.45, 7) is 8.23. The molecule has 0 N–H and O–H groups in total. The molecule has 0 atom stereocenters. The highest BCUT2D eigenvalue weighted by atomic mass is 16.5. The Morgan fingerprint density at radius 2 is 2.12 bits per heavy atom. The van der Waals surface area contributed by atoms with Crippen molar-refractivity contribution in [3.63, 3.8) is 0 Å². The summed E-state index contributed by atoms with van der Waals surface area (Å²) in [5.74, 6) is 0.548. The summed E-state index contributed by atoms with van der Waals surface area (Å²) in [6, 6.07) is 1.77. The molecule has 7 nitrogen and oxygen atoms in total. The molecule has 0 unspecified atom stereocenters. The SMILES string of the molecule is CC(C)c1cc(C(=O)N2CCCN(Cc3cnn(C)c3)CC2)on1. The molecule has 24 heavy (non-hydrogen) atoms. The minimum Gasteiger partial charge on any atom is -0.351 e. The van der Waals surface area contributed by atoms with Gasteiger partial charge in [-0.1, -0.05) is 19.0 Å². The van der Waals surface area contributed by atoms with Gasteiger partial charge in [0.25, 0.3) is 5.91 Å². The predicted octanol–water partition coefficient (Wildman–Crippen LogP) is 1.88. The lowest BCUT2D eigenvalue weighted by Crippen LogP contribution is -2.34. The predicted molar refractivity (Wildman–Crippen MR) is 89.6 cm³/mol. The van der Waals surface area contributed by atoms with E-state index in [1.807, 2.05) is 42.9 Å². The van der Waals surface area contributed by atoms with Crippen LogP contribution in [0.1, 0.15) is 48.0 Å². The van der Waals surface area contributed by atoms with E-state index < -0.39 is 0 Å². The van der Waals surface area contributed by atoms with Crippen LogP contribution >= 0.6 is 0 Å². The average molecular weight is 331 g/mol. The maximum absolute atomic E-state index is 12.6. The van der Waals surface area contributed by atoms with Crippen LogP contribution in [-0.2, 0) is 13.6 Å². The van der Waals surface area contributed by atoms with Crippen molar-refractivity contribution in [1.29, 1.82) is 0 Å². The fourth-order valence-corrected chi connectivity index (χ4v) is 2.96. The van der Waals surface area contributed by atoms with Gasteiger partial charge in [0.05, 0.1) is 11.9 Å². The fourth-order valence-electron chi connectivity index (χ4n) is 2.96. The van der Waals surface area contributed by atoms with Gasteiger partial charge in [-0.25, -0.2) is 0 Å². The third kappa shape index (κ3) is 3.84. The highest BCUT2D eigenvalue weighted by Gasteiger charge is 2.24. The summed E-state index contributed by atoms with van der Waals surface area (Å²) in [5.41, 5.74) is 2.03. The molecule has 1 saturated heterocycles. The van der Waals surface area contributed by atoms with Crippen LogP contribution in [0.2, 0.25) is 0 Å². The number of aryl methyl sites for hydroxylation is 1. The number of rotatable bonds is 4. The quantitative estimate of drug-likeness (QED) is 0.856. The number of carbonyl (C=O) groups excluding carboxylic acids is 1. The Morgan fingerprint density at radius 1 is 1.29 bits per heavy atom. The molecule has 0 saturated carbocycles. The Morgan fingerprint density at radius 3 is 2.79 bits per heavy atom. The molecule has 1 fully saturated rings. The van der Waals surface area contributed by atoms with Gasteiger partial charge in [0, 0.05) is 57.6 Å². The second kappa shape index (κ2) is 7.17. The lowest BCUT2D eigenvalue weighted by atomic mass is 10.1. The molecule has 1 aliphatic rings. The number of nitrogens with zero attached hydrogens (tertiary/aromatic N) is 5. The molecular formula is C17H25N5O2. The molecule has 7 heteroatoms. The molecule has 0 aromatic carbocycles. The number of carbonyl (C=O) groups is 1. The van der Waals surface area contributed by atoms with Crippen molar-refractivity contribution < 1.29 is 9.32 Å². The van der Waals surface area contributed by atoms with Crippen molar-refractivity contribution >= 4 is 5.91 Å². The van der Waals surface area contributed by atoms with Gasteiger partial charge in [0.2, 0.25) is 5.76 Å². The number of amides is 1. The topological polar surface area (TPSA) is 67.4 Å². The first kappa shape index (κ1) is 16.7. The van der Waals surface area contributed by atoms with Crippen LogP contribution < -0.4 is 0 Å². The zero-order chi connectivity index (χ0) is 17.1. The second-order valence-electron chi connectivity index (χ2n) is 6.71. The molecule has 1 aliphatic heterocycles. The van der Waals surface area contributed by atoms with Gasteiger partial charge >= 0.3 is 0 Å². The van der Waals surface area contributed by atoms with Gasteiger partial charge in [-0.05, 0) is 12.3 Å². The average Bonchev–Trinajstić information content (AvgIpc) is 3.12. The van der Waals surface area contributed by atoms with E-state index >= 15 is 0 Å². The van der Waals surface area contributed by atoms with E-state index in [9.17, 15) is 4.79 Å². The van der Waals surface area contributed by atoms with Crippen LogP contribution in [0.25, 0.3) is 0 Å². The van der Waals surface area contributed by atoms with Crippen LogP contribution in [0.4, 0.5) is 0 Å². The van der Waals surface area contributed by atoms with Crippen LogP contribution in [0.3, 0.4) is 0 Å². The third-order valence-electron chi connectivity index (χ3n) is 4.37. The smallest absolute Gasteiger partial charge is 0.292 e. The molecular weight excluding hydrogens is 306 g/mol. The lowest BCUT2D eigenvalue weighted by Gasteiger charge is -2.20. The van der Waals surface area contributed by atoms with Gasteiger partial charge in [-0.2, -0.15) is 5.10 Å². The van der Waals surface area contributed by atoms with E-state index in [2.05, 4.69) is 15.2 Å². The van der Waals surface area contributed by atoms with E-state index in [0.29, 0.717) is 12.3 Å². The monoisotopic (exact) mass is 331 g/mol. The lowest BCUT2D eigenvalue weighted by molar-refractivity contribution is 0.0719. The van der Waals surface area contributed by atoms with E-state index in [1.165, 1.54) is 5.56 Å². The maximum Gasteiger partial charge on any atom is 0.292 e. The minimum atomic E-state index is -0.0578. The Kier molecular flexibility index (Phi) is 4.99. The van der Waals surface area contributed by atoms with Crippen LogP contribution in [0.15, 0.2) is 23.0 Å². The summed E-state index contributed by atoms with van der Waals surface area (Å²) < 4.78 is 7.06. The van der Waals surface area contributed by atoms with Gasteiger partial charge in [0.15, 0.2) is 0 Å². The molecule has 130 valence electrons. The standard InChI is InChI=1S/C17H25N5O2/c1-13(2)15-9-16(24-19-15)17(23)22-6-4-5-21(7-8-22)12-14-10-18-20(3)11-14/h9-11,13H,4-8,12H2,1-3H3.